The Bertz CT molecular complexity index is 433. The van der Waals surface area contributed by atoms with Gasteiger partial charge in [0.25, 0.3) is 0 Å². The molecule has 0 atom stereocenters. The van der Waals surface area contributed by atoms with Crippen LogP contribution in [0.25, 0.3) is 0 Å². The first-order valence-corrected chi connectivity index (χ1v) is 9.50. The van der Waals surface area contributed by atoms with Crippen molar-refractivity contribution < 1.29 is 0 Å². The van der Waals surface area contributed by atoms with Gasteiger partial charge in [-0.1, -0.05) is 43.2 Å². The lowest BCUT2D eigenvalue weighted by Crippen LogP contribution is -2.50. The Morgan fingerprint density at radius 2 is 1.70 bits per heavy atom. The van der Waals surface area contributed by atoms with Gasteiger partial charge in [-0.15, -0.1) is 0 Å². The minimum atomic E-state index is 0.911. The van der Waals surface area contributed by atoms with E-state index < -0.39 is 0 Å². The van der Waals surface area contributed by atoms with Crippen molar-refractivity contribution in [1.82, 2.24) is 14.7 Å². The third kappa shape index (κ3) is 5.30. The molecule has 1 saturated heterocycles. The topological polar surface area (TPSA) is 9.72 Å². The second-order valence-electron chi connectivity index (χ2n) is 7.39. The van der Waals surface area contributed by atoms with E-state index in [1.807, 2.05) is 0 Å². The summed E-state index contributed by atoms with van der Waals surface area (Å²) in [5, 5.41) is 0. The lowest BCUT2D eigenvalue weighted by atomic mass is 10.1. The largest absolute Gasteiger partial charge is 0.302 e. The Hall–Kier alpha value is -0.900. The minimum absolute atomic E-state index is 0.911. The molecule has 0 unspecified atom stereocenters. The molecule has 1 aromatic carbocycles. The van der Waals surface area contributed by atoms with Crippen LogP contribution in [0, 0.1) is 0 Å². The molecular formula is C20H33N3. The fraction of sp³-hybridized carbons (Fsp3) is 0.700. The van der Waals surface area contributed by atoms with Crippen LogP contribution in [0.1, 0.15) is 37.7 Å². The van der Waals surface area contributed by atoms with Gasteiger partial charge in [0.15, 0.2) is 0 Å². The van der Waals surface area contributed by atoms with E-state index in [-0.39, 0.29) is 0 Å². The van der Waals surface area contributed by atoms with Crippen molar-refractivity contribution in [2.75, 3.05) is 46.3 Å². The summed E-state index contributed by atoms with van der Waals surface area (Å²) in [5.41, 5.74) is 1.42. The van der Waals surface area contributed by atoms with E-state index in [9.17, 15) is 0 Å². The SMILES string of the molecule is CN(CCCN1CCN(C2CCCC2)CC1)Cc1ccccc1. The number of piperazine rings is 1. The van der Waals surface area contributed by atoms with Crippen LogP contribution in [-0.4, -0.2) is 67.1 Å². The van der Waals surface area contributed by atoms with E-state index in [2.05, 4.69) is 52.1 Å². The smallest absolute Gasteiger partial charge is 0.0230 e. The van der Waals surface area contributed by atoms with Crippen LogP contribution < -0.4 is 0 Å². The number of nitrogens with zero attached hydrogens (tertiary/aromatic N) is 3. The summed E-state index contributed by atoms with van der Waals surface area (Å²) in [7, 11) is 2.24. The van der Waals surface area contributed by atoms with E-state index in [0.717, 1.165) is 12.6 Å². The summed E-state index contributed by atoms with van der Waals surface area (Å²) in [4.78, 5) is 7.87. The quantitative estimate of drug-likeness (QED) is 0.766. The van der Waals surface area contributed by atoms with Gasteiger partial charge in [0.1, 0.15) is 0 Å². The molecule has 23 heavy (non-hydrogen) atoms. The Labute approximate surface area is 142 Å². The molecule has 1 aromatic rings. The molecule has 0 spiro atoms. The zero-order valence-corrected chi connectivity index (χ0v) is 14.8. The highest BCUT2D eigenvalue weighted by Crippen LogP contribution is 2.24. The van der Waals surface area contributed by atoms with Crippen molar-refractivity contribution >= 4 is 0 Å². The standard InChI is InChI=1S/C20H33N3/c1-21(18-19-8-3-2-4-9-19)12-7-13-22-14-16-23(17-15-22)20-10-5-6-11-20/h2-4,8-9,20H,5-7,10-18H2,1H3. The molecule has 0 bridgehead atoms. The van der Waals surface area contributed by atoms with Crippen LogP contribution in [0.5, 0.6) is 0 Å². The van der Waals surface area contributed by atoms with Gasteiger partial charge in [0.2, 0.25) is 0 Å². The maximum atomic E-state index is 2.75. The number of benzene rings is 1. The van der Waals surface area contributed by atoms with Crippen LogP contribution in [0.15, 0.2) is 30.3 Å². The lowest BCUT2D eigenvalue weighted by molar-refractivity contribution is 0.0951. The van der Waals surface area contributed by atoms with Crippen LogP contribution in [-0.2, 0) is 6.54 Å². The van der Waals surface area contributed by atoms with E-state index in [4.69, 9.17) is 0 Å². The van der Waals surface area contributed by atoms with Crippen LogP contribution in [0.3, 0.4) is 0 Å². The van der Waals surface area contributed by atoms with E-state index in [1.165, 1.54) is 76.9 Å². The Morgan fingerprint density at radius 1 is 1.00 bits per heavy atom. The summed E-state index contributed by atoms with van der Waals surface area (Å²) in [6.07, 6.45) is 7.10. The van der Waals surface area contributed by atoms with E-state index in [1.54, 1.807) is 0 Å². The zero-order valence-electron chi connectivity index (χ0n) is 14.8. The highest BCUT2D eigenvalue weighted by atomic mass is 15.3. The fourth-order valence-corrected chi connectivity index (χ4v) is 4.16. The second-order valence-corrected chi connectivity index (χ2v) is 7.39. The van der Waals surface area contributed by atoms with Crippen molar-refractivity contribution in [3.8, 4) is 0 Å². The average Bonchev–Trinajstić information content (AvgIpc) is 3.11. The fourth-order valence-electron chi connectivity index (χ4n) is 4.16. The minimum Gasteiger partial charge on any atom is -0.302 e. The van der Waals surface area contributed by atoms with Gasteiger partial charge >= 0.3 is 0 Å². The summed E-state index contributed by atoms with van der Waals surface area (Å²) in [6, 6.07) is 11.7. The first-order valence-electron chi connectivity index (χ1n) is 9.50. The Morgan fingerprint density at radius 3 is 2.39 bits per heavy atom. The number of hydrogen-bond acceptors (Lipinski definition) is 3. The maximum absolute atomic E-state index is 2.75. The molecular weight excluding hydrogens is 282 g/mol. The van der Waals surface area contributed by atoms with Gasteiger partial charge in [-0.25, -0.2) is 0 Å². The van der Waals surface area contributed by atoms with Crippen molar-refractivity contribution in [3.63, 3.8) is 0 Å². The summed E-state index contributed by atoms with van der Waals surface area (Å²) in [6.45, 7) is 8.67. The van der Waals surface area contributed by atoms with E-state index in [0.29, 0.717) is 0 Å². The van der Waals surface area contributed by atoms with Crippen molar-refractivity contribution in [2.45, 2.75) is 44.7 Å². The highest BCUT2D eigenvalue weighted by Gasteiger charge is 2.25. The number of rotatable bonds is 7. The zero-order chi connectivity index (χ0) is 15.9. The van der Waals surface area contributed by atoms with Crippen molar-refractivity contribution in [1.29, 1.82) is 0 Å². The van der Waals surface area contributed by atoms with Gasteiger partial charge in [-0.3, -0.25) is 4.90 Å². The molecule has 2 fully saturated rings. The van der Waals surface area contributed by atoms with Gasteiger partial charge in [0, 0.05) is 38.8 Å². The monoisotopic (exact) mass is 315 g/mol. The molecule has 128 valence electrons. The van der Waals surface area contributed by atoms with Crippen LogP contribution in [0.4, 0.5) is 0 Å². The first-order chi connectivity index (χ1) is 11.3. The van der Waals surface area contributed by atoms with Crippen molar-refractivity contribution in [3.05, 3.63) is 35.9 Å². The molecule has 3 nitrogen and oxygen atoms in total. The summed E-state index contributed by atoms with van der Waals surface area (Å²) < 4.78 is 0. The normalized spacial score (nSPS) is 21.3. The maximum Gasteiger partial charge on any atom is 0.0230 e. The second kappa shape index (κ2) is 8.81. The lowest BCUT2D eigenvalue weighted by Gasteiger charge is -2.38. The van der Waals surface area contributed by atoms with E-state index >= 15 is 0 Å². The average molecular weight is 316 g/mol. The molecule has 1 aliphatic heterocycles. The van der Waals surface area contributed by atoms with Crippen LogP contribution in [0.2, 0.25) is 0 Å². The third-order valence-corrected chi connectivity index (χ3v) is 5.56. The van der Waals surface area contributed by atoms with Crippen molar-refractivity contribution in [2.24, 2.45) is 0 Å². The molecule has 2 aliphatic rings. The number of hydrogen-bond donors (Lipinski definition) is 0. The van der Waals surface area contributed by atoms with Crippen LogP contribution >= 0.6 is 0 Å². The first kappa shape index (κ1) is 16.9. The Kier molecular flexibility index (Phi) is 6.49. The highest BCUT2D eigenvalue weighted by molar-refractivity contribution is 5.14. The predicted octanol–water partition coefficient (Wildman–Crippen LogP) is 3.07. The van der Waals surface area contributed by atoms with Gasteiger partial charge < -0.3 is 9.80 Å². The predicted molar refractivity (Wildman–Crippen MR) is 97.7 cm³/mol. The van der Waals surface area contributed by atoms with Gasteiger partial charge in [-0.2, -0.15) is 0 Å². The molecule has 0 amide bonds. The molecule has 0 radical (unpaired) electrons. The third-order valence-electron chi connectivity index (χ3n) is 5.56. The summed E-state index contributed by atoms with van der Waals surface area (Å²) in [5.74, 6) is 0. The molecule has 3 rings (SSSR count). The Balaban J connectivity index is 1.29. The molecule has 0 aromatic heterocycles. The molecule has 0 N–H and O–H groups in total. The summed E-state index contributed by atoms with van der Waals surface area (Å²) >= 11 is 0. The molecule has 1 saturated carbocycles. The van der Waals surface area contributed by atoms with Gasteiger partial charge in [-0.05, 0) is 45.0 Å². The molecule has 1 heterocycles. The van der Waals surface area contributed by atoms with Gasteiger partial charge in [0.05, 0.1) is 0 Å². The molecule has 1 aliphatic carbocycles. The molecule has 3 heteroatoms.